The van der Waals surface area contributed by atoms with Crippen LogP contribution in [0.2, 0.25) is 0 Å². The maximum absolute atomic E-state index is 5.16. The van der Waals surface area contributed by atoms with E-state index in [9.17, 15) is 0 Å². The van der Waals surface area contributed by atoms with E-state index in [0.29, 0.717) is 0 Å². The van der Waals surface area contributed by atoms with Crippen LogP contribution >= 0.6 is 0 Å². The van der Waals surface area contributed by atoms with Gasteiger partial charge >= 0.3 is 0 Å². The van der Waals surface area contributed by atoms with E-state index in [0.717, 1.165) is 25.2 Å². The zero-order chi connectivity index (χ0) is 10.5. The highest BCUT2D eigenvalue weighted by Crippen LogP contribution is 2.27. The molecule has 1 atom stereocenters. The molecule has 1 saturated carbocycles. The van der Waals surface area contributed by atoms with Crippen LogP contribution in [0.25, 0.3) is 0 Å². The molecule has 0 aromatic rings. The molecule has 1 aliphatic heterocycles. The predicted octanol–water partition coefficient (Wildman–Crippen LogP) is 1.24. The van der Waals surface area contributed by atoms with Crippen molar-refractivity contribution >= 4 is 0 Å². The normalized spacial score (nSPS) is 26.4. The number of hydrogen-bond donors (Lipinski definition) is 1. The molecule has 3 nitrogen and oxygen atoms in total. The average Bonchev–Trinajstić information content (AvgIpc) is 2.95. The molecule has 1 unspecified atom stereocenters. The summed E-state index contributed by atoms with van der Waals surface area (Å²) in [4.78, 5) is 2.61. The minimum absolute atomic E-state index is 0.786. The second kappa shape index (κ2) is 5.83. The van der Waals surface area contributed by atoms with Gasteiger partial charge in [0.15, 0.2) is 0 Å². The molecule has 0 spiro atoms. The fraction of sp³-hybridized carbons (Fsp3) is 1.00. The third kappa shape index (κ3) is 3.74. The Morgan fingerprint density at radius 1 is 1.27 bits per heavy atom. The Labute approximate surface area is 93.2 Å². The lowest BCUT2D eigenvalue weighted by Gasteiger charge is -2.23. The van der Waals surface area contributed by atoms with Crippen molar-refractivity contribution in [3.63, 3.8) is 0 Å². The Hall–Kier alpha value is -0.120. The molecule has 0 aromatic carbocycles. The molecule has 2 aliphatic rings. The van der Waals surface area contributed by atoms with Gasteiger partial charge in [-0.1, -0.05) is 0 Å². The first kappa shape index (κ1) is 11.4. The summed E-state index contributed by atoms with van der Waals surface area (Å²) in [6.07, 6.45) is 6.87. The maximum Gasteiger partial charge on any atom is 0.0589 e. The van der Waals surface area contributed by atoms with Gasteiger partial charge in [-0.05, 0) is 45.2 Å². The van der Waals surface area contributed by atoms with Crippen LogP contribution in [0.3, 0.4) is 0 Å². The molecular weight excluding hydrogens is 188 g/mol. The summed E-state index contributed by atoms with van der Waals surface area (Å²) in [5.74, 6) is 0. The lowest BCUT2D eigenvalue weighted by atomic mass is 10.1. The summed E-state index contributed by atoms with van der Waals surface area (Å²) < 4.78 is 5.16. The number of nitrogens with one attached hydrogen (secondary N) is 1. The van der Waals surface area contributed by atoms with E-state index in [1.54, 1.807) is 7.11 Å². The summed E-state index contributed by atoms with van der Waals surface area (Å²) in [5, 5.41) is 3.57. The van der Waals surface area contributed by atoms with Crippen LogP contribution in [0.1, 0.15) is 32.1 Å². The van der Waals surface area contributed by atoms with Crippen LogP contribution in [0.5, 0.6) is 0 Å². The first-order valence-electron chi connectivity index (χ1n) is 6.36. The fourth-order valence-corrected chi connectivity index (χ4v) is 2.45. The van der Waals surface area contributed by atoms with Gasteiger partial charge in [0.1, 0.15) is 0 Å². The highest BCUT2D eigenvalue weighted by Gasteiger charge is 2.28. The van der Waals surface area contributed by atoms with Crippen molar-refractivity contribution in [1.82, 2.24) is 10.2 Å². The van der Waals surface area contributed by atoms with Gasteiger partial charge in [-0.3, -0.25) is 4.90 Å². The largest absolute Gasteiger partial charge is 0.383 e. The Kier molecular flexibility index (Phi) is 4.42. The molecule has 3 heteroatoms. The van der Waals surface area contributed by atoms with Gasteiger partial charge in [0, 0.05) is 25.7 Å². The van der Waals surface area contributed by atoms with Crippen LogP contribution < -0.4 is 5.32 Å². The molecule has 0 amide bonds. The quantitative estimate of drug-likeness (QED) is 0.687. The lowest BCUT2D eigenvalue weighted by molar-refractivity contribution is 0.140. The molecule has 1 heterocycles. The van der Waals surface area contributed by atoms with Crippen LogP contribution in [0.4, 0.5) is 0 Å². The van der Waals surface area contributed by atoms with E-state index in [-0.39, 0.29) is 0 Å². The number of hydrogen-bond acceptors (Lipinski definition) is 3. The Morgan fingerprint density at radius 3 is 2.73 bits per heavy atom. The van der Waals surface area contributed by atoms with E-state index in [2.05, 4.69) is 10.2 Å². The van der Waals surface area contributed by atoms with Crippen LogP contribution in [-0.4, -0.2) is 50.3 Å². The van der Waals surface area contributed by atoms with Crippen molar-refractivity contribution < 1.29 is 4.74 Å². The van der Waals surface area contributed by atoms with E-state index in [1.807, 2.05) is 0 Å². The minimum Gasteiger partial charge on any atom is -0.383 e. The average molecular weight is 212 g/mol. The van der Waals surface area contributed by atoms with E-state index >= 15 is 0 Å². The number of nitrogens with zero attached hydrogens (tertiary/aromatic N) is 1. The first-order valence-corrected chi connectivity index (χ1v) is 6.36. The minimum atomic E-state index is 0.786. The fourth-order valence-electron chi connectivity index (χ4n) is 2.45. The zero-order valence-corrected chi connectivity index (χ0v) is 9.87. The molecule has 2 fully saturated rings. The summed E-state index contributed by atoms with van der Waals surface area (Å²) >= 11 is 0. The van der Waals surface area contributed by atoms with Crippen molar-refractivity contribution in [3.8, 4) is 0 Å². The molecule has 0 aromatic heterocycles. The molecule has 88 valence electrons. The van der Waals surface area contributed by atoms with Crippen molar-refractivity contribution in [3.05, 3.63) is 0 Å². The summed E-state index contributed by atoms with van der Waals surface area (Å²) in [6.45, 7) is 4.49. The molecule has 0 bridgehead atoms. The van der Waals surface area contributed by atoms with E-state index in [1.165, 1.54) is 45.2 Å². The summed E-state index contributed by atoms with van der Waals surface area (Å²) in [7, 11) is 1.80. The van der Waals surface area contributed by atoms with Gasteiger partial charge in [0.2, 0.25) is 0 Å². The Morgan fingerprint density at radius 2 is 2.13 bits per heavy atom. The Balaban J connectivity index is 1.64. The van der Waals surface area contributed by atoms with Crippen LogP contribution in [-0.2, 0) is 4.74 Å². The summed E-state index contributed by atoms with van der Waals surface area (Å²) in [5.41, 5.74) is 0. The third-order valence-corrected chi connectivity index (χ3v) is 3.57. The number of methoxy groups -OCH3 is 1. The highest BCUT2D eigenvalue weighted by atomic mass is 16.5. The maximum atomic E-state index is 5.16. The number of rotatable bonds is 7. The topological polar surface area (TPSA) is 24.5 Å². The van der Waals surface area contributed by atoms with E-state index in [4.69, 9.17) is 4.74 Å². The number of ether oxygens (including phenoxy) is 1. The van der Waals surface area contributed by atoms with Crippen molar-refractivity contribution in [2.75, 3.05) is 33.4 Å². The van der Waals surface area contributed by atoms with Crippen molar-refractivity contribution in [1.29, 1.82) is 0 Å². The van der Waals surface area contributed by atoms with Gasteiger partial charge in [0.25, 0.3) is 0 Å². The highest BCUT2D eigenvalue weighted by molar-refractivity contribution is 4.85. The summed E-state index contributed by atoms with van der Waals surface area (Å²) in [6, 6.07) is 1.66. The van der Waals surface area contributed by atoms with E-state index < -0.39 is 0 Å². The lowest BCUT2D eigenvalue weighted by Crippen LogP contribution is -2.34. The first-order chi connectivity index (χ1) is 7.40. The SMILES string of the molecule is COCCN(CCC1CCCN1)C1CC1. The predicted molar refractivity (Wildman–Crippen MR) is 62.1 cm³/mol. The van der Waals surface area contributed by atoms with Gasteiger partial charge in [0.05, 0.1) is 6.61 Å². The molecular formula is C12H24N2O. The monoisotopic (exact) mass is 212 g/mol. The standard InChI is InChI=1S/C12H24N2O/c1-15-10-9-14(12-4-5-12)8-6-11-3-2-7-13-11/h11-13H,2-10H2,1H3. The van der Waals surface area contributed by atoms with Gasteiger partial charge in [-0.2, -0.15) is 0 Å². The van der Waals surface area contributed by atoms with Crippen LogP contribution in [0.15, 0.2) is 0 Å². The molecule has 2 rings (SSSR count). The molecule has 1 aliphatic carbocycles. The smallest absolute Gasteiger partial charge is 0.0589 e. The van der Waals surface area contributed by atoms with Crippen molar-refractivity contribution in [2.24, 2.45) is 0 Å². The van der Waals surface area contributed by atoms with Crippen molar-refractivity contribution in [2.45, 2.75) is 44.2 Å². The molecule has 1 N–H and O–H groups in total. The second-order valence-corrected chi connectivity index (χ2v) is 4.84. The Bertz CT molecular complexity index is 176. The molecule has 0 radical (unpaired) electrons. The molecule has 15 heavy (non-hydrogen) atoms. The zero-order valence-electron chi connectivity index (χ0n) is 9.87. The van der Waals surface area contributed by atoms with Gasteiger partial charge < -0.3 is 10.1 Å². The second-order valence-electron chi connectivity index (χ2n) is 4.84. The van der Waals surface area contributed by atoms with Gasteiger partial charge in [-0.25, -0.2) is 0 Å². The molecule has 1 saturated heterocycles. The third-order valence-electron chi connectivity index (χ3n) is 3.57. The van der Waals surface area contributed by atoms with Gasteiger partial charge in [-0.15, -0.1) is 0 Å². The van der Waals surface area contributed by atoms with Crippen LogP contribution in [0, 0.1) is 0 Å².